The average molecular weight is 1710 g/mol. The predicted octanol–water partition coefficient (Wildman–Crippen LogP) is 9.18. The van der Waals surface area contributed by atoms with Gasteiger partial charge in [0.1, 0.15) is 45.0 Å². The Morgan fingerprint density at radius 3 is 1.20 bits per heavy atom. The molecule has 2 aliphatic heterocycles. The third kappa shape index (κ3) is 29.9. The lowest BCUT2D eigenvalue weighted by atomic mass is 9.92. The number of phenols is 2. The fraction of sp³-hybridized carbons (Fsp3) is 0.605. The summed E-state index contributed by atoms with van der Waals surface area (Å²) < 4.78 is 11.6. The largest absolute Gasteiger partial charge is 0.506 e. The Bertz CT molecular complexity index is 4080. The summed E-state index contributed by atoms with van der Waals surface area (Å²) in [7, 11) is 7.10. The van der Waals surface area contributed by atoms with Gasteiger partial charge < -0.3 is 71.6 Å². The molecule has 2 aromatic carbocycles. The number of aromatic hydroxyl groups is 2. The number of carboxylic acid groups (broad SMARTS) is 2. The Morgan fingerprint density at radius 2 is 0.883 bits per heavy atom. The van der Waals surface area contributed by atoms with E-state index in [2.05, 4.69) is 53.7 Å². The molecule has 2 fully saturated rings. The zero-order valence-electron chi connectivity index (χ0n) is 71.8. The number of ether oxygens (including phenoxy) is 2. The van der Waals surface area contributed by atoms with Crippen molar-refractivity contribution in [2.45, 2.75) is 259 Å². The molecule has 658 valence electrons. The number of carboxylic acids is 2. The van der Waals surface area contributed by atoms with E-state index in [9.17, 15) is 87.5 Å². The zero-order chi connectivity index (χ0) is 89.1. The summed E-state index contributed by atoms with van der Waals surface area (Å²) >= 11 is 2.10. The van der Waals surface area contributed by atoms with Crippen molar-refractivity contribution in [2.75, 3.05) is 51.9 Å². The van der Waals surface area contributed by atoms with Gasteiger partial charge in [-0.15, -0.1) is 22.7 Å². The molecule has 2 aliphatic rings. The lowest BCUT2D eigenvalue weighted by molar-refractivity contribution is -0.150. The SMILES string of the molecule is CC[C@H](C)[C@H](NC(=O)[C@H]1CCCCN1C)C(=O)N(C)C(C[C@@H](OC(C)=O)c1nc(C(=O)N[C@@H](Cc2ccc(O)c(NC(=O)CCC(=O)C#CC(=O)CCC(=O)Nc3cc(C[C@@H](CC(C)C(=O)O)NC(=O)c4csc([C@@H](CC(C(C)C)N(C)C(=O)[C@@H](NC(=O)[C@H]5CCCCN5C)[C@@H](C)CC)OC(C)=O)n4)ccc3O)c2)CC(C)C(=O)O)cs1)C(C)C. The number of hydrogen-bond donors (Lipinski definition) is 10. The monoisotopic (exact) mass is 1710 g/mol. The first kappa shape index (κ1) is 98.6. The van der Waals surface area contributed by atoms with Crippen LogP contribution in [-0.4, -0.2) is 222 Å². The smallest absolute Gasteiger partial charge is 0.306 e. The highest BCUT2D eigenvalue weighted by atomic mass is 32.1. The van der Waals surface area contributed by atoms with Crippen LogP contribution < -0.4 is 31.9 Å². The first-order chi connectivity index (χ1) is 56.6. The second-order valence-corrected chi connectivity index (χ2v) is 34.4. The molecule has 6 rings (SSSR count). The van der Waals surface area contributed by atoms with Crippen molar-refractivity contribution in [1.29, 1.82) is 0 Å². The lowest BCUT2D eigenvalue weighted by Crippen LogP contribution is -2.58. The van der Waals surface area contributed by atoms with Crippen LogP contribution >= 0.6 is 22.7 Å². The number of piperidine rings is 2. The Morgan fingerprint density at radius 1 is 0.525 bits per heavy atom. The van der Waals surface area contributed by atoms with E-state index in [1.165, 1.54) is 74.9 Å². The standard InChI is InChI=1S/C86H122N12O20S2/c1-17-49(7)75(93-79(109)65-23-19-21-35-95(65)13)83(111)97(15)67(47(3)4)43-71(117-53(11)99)81-91-63(45-119-81)77(107)87-57(37-51(9)85(113)114)39-55-25-31-69(103)61(41-55)89-73(105)33-29-59(101)27-28-60(102)30-34-74(106)90-62-42-56(26-32-70(62)104)40-58(38-52(10)86(115)116)88-78(108)64-46-120-82(92-64)72(118-54(12)100)44-68(48(5)6)98(16)84(112)76(50(8)18-2)94-80(110)66-24-20-22-36-96(66)14/h25-26,31-32,41-42,45-52,57-58,65-68,71-72,75-76,103-104H,17-24,29-30,33-40,43-44H2,1-16H3,(H,87,107)(H,88,108)(H,89,105)(H,90,106)(H,93,109)(H,94,110)(H,113,114)(H,115,116)/t49-,50-,51?,52?,57+,58+,65+,66+,67?,68?,71+,72+,75-,76-/m0/s1. The molecule has 0 spiro atoms. The van der Waals surface area contributed by atoms with Gasteiger partial charge in [-0.25, -0.2) is 9.97 Å². The molecule has 32 nitrogen and oxygen atoms in total. The number of aliphatic carboxylic acids is 2. The first-order valence-electron chi connectivity index (χ1n) is 41.3. The molecule has 0 bridgehead atoms. The number of aromatic nitrogens is 2. The summed E-state index contributed by atoms with van der Waals surface area (Å²) in [4.78, 5) is 203. The number of likely N-dealkylation sites (N-methyl/N-ethyl adjacent to an activating group) is 4. The van der Waals surface area contributed by atoms with Gasteiger partial charge in [-0.3, -0.25) is 76.9 Å². The number of carbonyl (C=O) groups is 14. The van der Waals surface area contributed by atoms with Crippen LogP contribution in [0.1, 0.15) is 240 Å². The highest BCUT2D eigenvalue weighted by molar-refractivity contribution is 7.10. The number of amides is 8. The van der Waals surface area contributed by atoms with Crippen LogP contribution in [0.15, 0.2) is 47.2 Å². The van der Waals surface area contributed by atoms with E-state index in [0.717, 1.165) is 61.4 Å². The Labute approximate surface area is 710 Å². The van der Waals surface area contributed by atoms with Crippen molar-refractivity contribution in [1.82, 2.24) is 50.8 Å². The molecular weight excluding hydrogens is 1590 g/mol. The molecule has 4 aromatic rings. The number of anilines is 2. The fourth-order valence-corrected chi connectivity index (χ4v) is 16.5. The average Bonchev–Trinajstić information content (AvgIpc) is 1.73. The minimum absolute atomic E-state index is 0.00927. The number of Topliss-reactive ketones (excluding diaryl/α,β-unsaturated/α-hetero) is 2. The van der Waals surface area contributed by atoms with Crippen LogP contribution in [-0.2, 0) is 79.8 Å². The fourth-order valence-electron chi connectivity index (χ4n) is 14.8. The van der Waals surface area contributed by atoms with Gasteiger partial charge in [-0.05, 0) is 149 Å². The van der Waals surface area contributed by atoms with Gasteiger partial charge in [-0.1, -0.05) is 107 Å². The van der Waals surface area contributed by atoms with E-state index in [4.69, 9.17) is 9.47 Å². The normalized spacial score (nSPS) is 17.4. The molecule has 120 heavy (non-hydrogen) atoms. The summed E-state index contributed by atoms with van der Waals surface area (Å²) in [5, 5.41) is 61.9. The quantitative estimate of drug-likeness (QED) is 0.00853. The Kier molecular flexibility index (Phi) is 38.7. The van der Waals surface area contributed by atoms with E-state index in [-0.39, 0.29) is 142 Å². The molecule has 0 aliphatic carbocycles. The summed E-state index contributed by atoms with van der Waals surface area (Å²) in [6, 6.07) is 3.21. The number of nitrogens with one attached hydrogen (secondary N) is 6. The first-order valence-corrected chi connectivity index (χ1v) is 43.0. The number of nitrogens with zero attached hydrogens (tertiary/aromatic N) is 6. The summed E-state index contributed by atoms with van der Waals surface area (Å²) in [6.07, 6.45) is 2.49. The number of carbonyl (C=O) groups excluding carboxylic acids is 12. The third-order valence-corrected chi connectivity index (χ3v) is 24.3. The molecule has 8 amide bonds. The second-order valence-electron chi connectivity index (χ2n) is 32.7. The molecule has 4 unspecified atom stereocenters. The highest BCUT2D eigenvalue weighted by Crippen LogP contribution is 2.35. The van der Waals surface area contributed by atoms with Crippen LogP contribution in [0.2, 0.25) is 0 Å². The van der Waals surface area contributed by atoms with Crippen LogP contribution in [0.5, 0.6) is 11.5 Å². The van der Waals surface area contributed by atoms with Gasteiger partial charge >= 0.3 is 23.9 Å². The third-order valence-electron chi connectivity index (χ3n) is 22.4. The number of phenolic OH excluding ortho intramolecular Hbond substituents is 2. The number of likely N-dealkylation sites (tertiary alicyclic amines) is 2. The van der Waals surface area contributed by atoms with E-state index < -0.39 is 145 Å². The summed E-state index contributed by atoms with van der Waals surface area (Å²) in [5.41, 5.74) is 0.585. The van der Waals surface area contributed by atoms with Crippen molar-refractivity contribution in [3.8, 4) is 23.3 Å². The number of ketones is 2. The number of hydrogen-bond acceptors (Lipinski definition) is 24. The number of rotatable bonds is 44. The summed E-state index contributed by atoms with van der Waals surface area (Å²) in [6.45, 7) is 22.3. The van der Waals surface area contributed by atoms with Gasteiger partial charge in [0.25, 0.3) is 11.8 Å². The van der Waals surface area contributed by atoms with Crippen LogP contribution in [0.25, 0.3) is 0 Å². The zero-order valence-corrected chi connectivity index (χ0v) is 73.5. The second kappa shape index (κ2) is 47.1. The number of esters is 2. The van der Waals surface area contributed by atoms with E-state index in [0.29, 0.717) is 36.8 Å². The van der Waals surface area contributed by atoms with Gasteiger partial charge in [0.15, 0.2) is 12.2 Å². The van der Waals surface area contributed by atoms with Crippen LogP contribution in [0, 0.1) is 47.3 Å². The topological polar surface area (TPSA) is 449 Å². The van der Waals surface area contributed by atoms with Gasteiger partial charge in [0.2, 0.25) is 47.0 Å². The van der Waals surface area contributed by atoms with Gasteiger partial charge in [0, 0.05) is 101 Å². The maximum Gasteiger partial charge on any atom is 0.306 e. The van der Waals surface area contributed by atoms with E-state index >= 15 is 0 Å². The van der Waals surface area contributed by atoms with Crippen molar-refractivity contribution in [2.24, 2.45) is 35.5 Å². The minimum Gasteiger partial charge on any atom is -0.506 e. The molecule has 0 radical (unpaired) electrons. The maximum atomic E-state index is 14.5. The van der Waals surface area contributed by atoms with Crippen molar-refractivity contribution in [3.05, 3.63) is 79.7 Å². The van der Waals surface area contributed by atoms with Crippen molar-refractivity contribution >= 4 is 117 Å². The Hall–Kier alpha value is -10.2. The molecule has 0 saturated carbocycles. The highest BCUT2D eigenvalue weighted by Gasteiger charge is 2.41. The van der Waals surface area contributed by atoms with Crippen LogP contribution in [0.4, 0.5) is 11.4 Å². The number of thiazole rings is 2. The maximum absolute atomic E-state index is 14.5. The molecule has 34 heteroatoms. The van der Waals surface area contributed by atoms with Gasteiger partial charge in [-0.2, -0.15) is 0 Å². The molecule has 2 saturated heterocycles. The number of benzene rings is 2. The lowest BCUT2D eigenvalue weighted by Gasteiger charge is -2.38. The summed E-state index contributed by atoms with van der Waals surface area (Å²) in [5.74, 6) is -8.14. The van der Waals surface area contributed by atoms with Crippen molar-refractivity contribution < 1.29 is 97.0 Å². The predicted molar refractivity (Wildman–Crippen MR) is 451 cm³/mol. The van der Waals surface area contributed by atoms with Gasteiger partial charge in [0.05, 0.1) is 35.3 Å². The van der Waals surface area contributed by atoms with E-state index in [1.807, 2.05) is 79.3 Å². The van der Waals surface area contributed by atoms with Crippen LogP contribution in [0.3, 0.4) is 0 Å². The molecular formula is C86H122N12O20S2. The molecule has 2 aromatic heterocycles. The molecule has 14 atom stereocenters. The van der Waals surface area contributed by atoms with E-state index in [1.54, 1.807) is 23.9 Å². The van der Waals surface area contributed by atoms with Crippen molar-refractivity contribution in [3.63, 3.8) is 0 Å². The molecule has 10 N–H and O–H groups in total. The Balaban J connectivity index is 1.03. The minimum atomic E-state index is -1.14. The molecule has 4 heterocycles.